The number of rotatable bonds is 6. The van der Waals surface area contributed by atoms with Crippen molar-refractivity contribution >= 4 is 17.8 Å². The molecule has 0 aromatic heterocycles. The standard InChI is InChI=1S/C17H33N3OS/c1-4-22-16-6-5-15(13-16)18-17(21)20-11-8-14(9-12-20)7-10-19(2)3/h14-16H,4-13H2,1-3H3,(H,18,21). The summed E-state index contributed by atoms with van der Waals surface area (Å²) >= 11 is 2.04. The Morgan fingerprint density at radius 1 is 1.23 bits per heavy atom. The van der Waals surface area contributed by atoms with Crippen LogP contribution in [0.5, 0.6) is 0 Å². The Bertz CT molecular complexity index is 343. The number of carbonyl (C=O) groups excluding carboxylic acids is 1. The summed E-state index contributed by atoms with van der Waals surface area (Å²) in [5.41, 5.74) is 0. The van der Waals surface area contributed by atoms with Crippen molar-refractivity contribution in [1.29, 1.82) is 0 Å². The van der Waals surface area contributed by atoms with E-state index in [1.54, 1.807) is 0 Å². The molecule has 5 heteroatoms. The lowest BCUT2D eigenvalue weighted by molar-refractivity contribution is 0.162. The topological polar surface area (TPSA) is 35.6 Å². The van der Waals surface area contributed by atoms with Crippen LogP contribution in [0.2, 0.25) is 0 Å². The molecule has 1 saturated carbocycles. The van der Waals surface area contributed by atoms with Crippen molar-refractivity contribution in [1.82, 2.24) is 15.1 Å². The van der Waals surface area contributed by atoms with Gasteiger partial charge in [-0.1, -0.05) is 6.92 Å². The Balaban J connectivity index is 1.65. The zero-order valence-corrected chi connectivity index (χ0v) is 15.3. The summed E-state index contributed by atoms with van der Waals surface area (Å²) in [5.74, 6) is 1.98. The number of hydrogen-bond donors (Lipinski definition) is 1. The summed E-state index contributed by atoms with van der Waals surface area (Å²) in [6.45, 7) is 5.25. The van der Waals surface area contributed by atoms with Gasteiger partial charge in [0.1, 0.15) is 0 Å². The second-order valence-electron chi connectivity index (χ2n) is 7.06. The molecule has 2 rings (SSSR count). The van der Waals surface area contributed by atoms with Crippen LogP contribution in [0.3, 0.4) is 0 Å². The first-order valence-electron chi connectivity index (χ1n) is 8.90. The summed E-state index contributed by atoms with van der Waals surface area (Å²) in [5, 5.41) is 4.02. The van der Waals surface area contributed by atoms with Gasteiger partial charge in [-0.25, -0.2) is 4.79 Å². The molecule has 1 heterocycles. The van der Waals surface area contributed by atoms with Crippen molar-refractivity contribution in [2.75, 3.05) is 39.5 Å². The van der Waals surface area contributed by atoms with Crippen molar-refractivity contribution in [2.45, 2.75) is 56.7 Å². The van der Waals surface area contributed by atoms with Gasteiger partial charge in [0.05, 0.1) is 0 Å². The van der Waals surface area contributed by atoms with Gasteiger partial charge in [-0.15, -0.1) is 0 Å². The molecule has 4 nitrogen and oxygen atoms in total. The number of carbonyl (C=O) groups is 1. The van der Waals surface area contributed by atoms with Gasteiger partial charge in [0.15, 0.2) is 0 Å². The molecule has 22 heavy (non-hydrogen) atoms. The Morgan fingerprint density at radius 3 is 2.59 bits per heavy atom. The maximum absolute atomic E-state index is 12.4. The second-order valence-corrected chi connectivity index (χ2v) is 8.64. The average molecular weight is 328 g/mol. The van der Waals surface area contributed by atoms with Gasteiger partial charge >= 0.3 is 6.03 Å². The fourth-order valence-corrected chi connectivity index (χ4v) is 4.73. The Hall–Kier alpha value is -0.420. The molecule has 2 unspecified atom stereocenters. The third-order valence-electron chi connectivity index (χ3n) is 5.00. The van der Waals surface area contributed by atoms with Crippen LogP contribution >= 0.6 is 11.8 Å². The lowest BCUT2D eigenvalue weighted by Crippen LogP contribution is -2.47. The molecular formula is C17H33N3OS. The molecule has 1 N–H and O–H groups in total. The van der Waals surface area contributed by atoms with Gasteiger partial charge in [0, 0.05) is 24.4 Å². The van der Waals surface area contributed by atoms with Gasteiger partial charge in [-0.05, 0) is 70.8 Å². The van der Waals surface area contributed by atoms with E-state index < -0.39 is 0 Å². The van der Waals surface area contributed by atoms with Gasteiger partial charge in [-0.2, -0.15) is 11.8 Å². The highest BCUT2D eigenvalue weighted by Crippen LogP contribution is 2.30. The normalized spacial score (nSPS) is 26.6. The van der Waals surface area contributed by atoms with Crippen LogP contribution in [0.1, 0.15) is 45.4 Å². The summed E-state index contributed by atoms with van der Waals surface area (Å²) in [4.78, 5) is 16.7. The highest BCUT2D eigenvalue weighted by molar-refractivity contribution is 7.99. The number of likely N-dealkylation sites (tertiary alicyclic amines) is 1. The number of urea groups is 1. The van der Waals surface area contributed by atoms with E-state index in [1.807, 2.05) is 16.7 Å². The molecule has 2 fully saturated rings. The van der Waals surface area contributed by atoms with Crippen LogP contribution < -0.4 is 5.32 Å². The van der Waals surface area contributed by atoms with E-state index in [1.165, 1.54) is 31.4 Å². The molecule has 1 aliphatic heterocycles. The van der Waals surface area contributed by atoms with Gasteiger partial charge in [0.25, 0.3) is 0 Å². The van der Waals surface area contributed by atoms with E-state index in [0.717, 1.165) is 43.6 Å². The number of piperidine rings is 1. The molecular weight excluding hydrogens is 294 g/mol. The molecule has 128 valence electrons. The number of nitrogens with one attached hydrogen (secondary N) is 1. The third kappa shape index (κ3) is 5.65. The minimum atomic E-state index is 0.179. The molecule has 2 aliphatic rings. The highest BCUT2D eigenvalue weighted by atomic mass is 32.2. The maximum atomic E-state index is 12.4. The average Bonchev–Trinajstić information content (AvgIpc) is 2.93. The molecule has 0 spiro atoms. The number of amides is 2. The molecule has 1 aliphatic carbocycles. The highest BCUT2D eigenvalue weighted by Gasteiger charge is 2.28. The zero-order valence-electron chi connectivity index (χ0n) is 14.5. The van der Waals surface area contributed by atoms with Crippen molar-refractivity contribution in [2.24, 2.45) is 5.92 Å². The van der Waals surface area contributed by atoms with E-state index in [0.29, 0.717) is 6.04 Å². The number of thioether (sulfide) groups is 1. The van der Waals surface area contributed by atoms with E-state index in [9.17, 15) is 4.79 Å². The quantitative estimate of drug-likeness (QED) is 0.814. The predicted molar refractivity (Wildman–Crippen MR) is 95.6 cm³/mol. The maximum Gasteiger partial charge on any atom is 0.317 e. The van der Waals surface area contributed by atoms with Crippen molar-refractivity contribution < 1.29 is 4.79 Å². The van der Waals surface area contributed by atoms with E-state index in [-0.39, 0.29) is 6.03 Å². The minimum Gasteiger partial charge on any atom is -0.335 e. The molecule has 0 aromatic rings. The minimum absolute atomic E-state index is 0.179. The van der Waals surface area contributed by atoms with Crippen LogP contribution in [-0.4, -0.2) is 66.6 Å². The summed E-state index contributed by atoms with van der Waals surface area (Å²) in [6.07, 6.45) is 7.17. The Morgan fingerprint density at radius 2 is 1.95 bits per heavy atom. The lowest BCUT2D eigenvalue weighted by atomic mass is 9.93. The van der Waals surface area contributed by atoms with Crippen LogP contribution in [0, 0.1) is 5.92 Å². The van der Waals surface area contributed by atoms with Crippen molar-refractivity contribution in [3.8, 4) is 0 Å². The number of hydrogen-bond acceptors (Lipinski definition) is 3. The molecule has 2 amide bonds. The summed E-state index contributed by atoms with van der Waals surface area (Å²) in [6, 6.07) is 0.584. The zero-order chi connectivity index (χ0) is 15.9. The van der Waals surface area contributed by atoms with Crippen LogP contribution in [0.4, 0.5) is 4.79 Å². The Labute approximate surface area is 140 Å². The molecule has 2 atom stereocenters. The SMILES string of the molecule is CCSC1CCC(NC(=O)N2CCC(CCN(C)C)CC2)C1. The van der Waals surface area contributed by atoms with Crippen molar-refractivity contribution in [3.63, 3.8) is 0 Å². The van der Waals surface area contributed by atoms with Crippen LogP contribution in [-0.2, 0) is 0 Å². The van der Waals surface area contributed by atoms with Gasteiger partial charge in [0.2, 0.25) is 0 Å². The largest absolute Gasteiger partial charge is 0.335 e. The van der Waals surface area contributed by atoms with Gasteiger partial charge < -0.3 is 15.1 Å². The Kier molecular flexibility index (Phi) is 7.35. The lowest BCUT2D eigenvalue weighted by Gasteiger charge is -2.33. The first-order valence-corrected chi connectivity index (χ1v) is 9.95. The van der Waals surface area contributed by atoms with Crippen molar-refractivity contribution in [3.05, 3.63) is 0 Å². The second kappa shape index (κ2) is 9.02. The molecule has 0 bridgehead atoms. The first-order chi connectivity index (χ1) is 10.6. The van der Waals surface area contributed by atoms with Crippen LogP contribution in [0.25, 0.3) is 0 Å². The van der Waals surface area contributed by atoms with Crippen LogP contribution in [0.15, 0.2) is 0 Å². The monoisotopic (exact) mass is 327 g/mol. The molecule has 0 radical (unpaired) electrons. The number of nitrogens with zero attached hydrogens (tertiary/aromatic N) is 2. The van der Waals surface area contributed by atoms with E-state index in [2.05, 4.69) is 31.2 Å². The van der Waals surface area contributed by atoms with E-state index in [4.69, 9.17) is 0 Å². The van der Waals surface area contributed by atoms with E-state index >= 15 is 0 Å². The summed E-state index contributed by atoms with van der Waals surface area (Å²) < 4.78 is 0. The molecule has 0 aromatic carbocycles. The third-order valence-corrected chi connectivity index (χ3v) is 6.23. The summed E-state index contributed by atoms with van der Waals surface area (Å²) in [7, 11) is 4.27. The molecule has 1 saturated heterocycles. The fraction of sp³-hybridized carbons (Fsp3) is 0.941. The predicted octanol–water partition coefficient (Wildman–Crippen LogP) is 3.03. The smallest absolute Gasteiger partial charge is 0.317 e. The first kappa shape index (κ1) is 17.9. The fourth-order valence-electron chi connectivity index (χ4n) is 3.59. The van der Waals surface area contributed by atoms with Gasteiger partial charge in [-0.3, -0.25) is 0 Å².